The van der Waals surface area contributed by atoms with E-state index in [-0.39, 0.29) is 5.56 Å². The van der Waals surface area contributed by atoms with E-state index in [0.29, 0.717) is 5.69 Å². The van der Waals surface area contributed by atoms with Crippen molar-refractivity contribution < 1.29 is 13.2 Å². The summed E-state index contributed by atoms with van der Waals surface area (Å²) >= 11 is 0. The van der Waals surface area contributed by atoms with Gasteiger partial charge < -0.3 is 0 Å². The quantitative estimate of drug-likeness (QED) is 0.732. The van der Waals surface area contributed by atoms with Crippen LogP contribution in [0.4, 0.5) is 13.2 Å². The molecule has 94 valence electrons. The van der Waals surface area contributed by atoms with Gasteiger partial charge in [0, 0.05) is 11.8 Å². The van der Waals surface area contributed by atoms with E-state index in [1.807, 2.05) is 13.0 Å². The number of alkyl halides is 3. The Morgan fingerprint density at radius 3 is 2.33 bits per heavy atom. The van der Waals surface area contributed by atoms with Gasteiger partial charge in [-0.25, -0.2) is 0 Å². The van der Waals surface area contributed by atoms with E-state index in [2.05, 4.69) is 4.98 Å². The Hall–Kier alpha value is -1.84. The molecule has 0 aliphatic rings. The molecule has 0 atom stereocenters. The number of rotatable bonds is 1. The monoisotopic (exact) mass is 251 g/mol. The molecule has 0 bridgehead atoms. The van der Waals surface area contributed by atoms with Crippen LogP contribution in [0.5, 0.6) is 0 Å². The van der Waals surface area contributed by atoms with Crippen LogP contribution in [0.25, 0.3) is 11.3 Å². The Morgan fingerprint density at radius 1 is 1.06 bits per heavy atom. The van der Waals surface area contributed by atoms with E-state index in [0.717, 1.165) is 17.2 Å². The highest BCUT2D eigenvalue weighted by atomic mass is 19.4. The summed E-state index contributed by atoms with van der Waals surface area (Å²) in [6, 6.07) is 7.33. The Morgan fingerprint density at radius 2 is 1.72 bits per heavy atom. The van der Waals surface area contributed by atoms with Crippen LogP contribution in [0.3, 0.4) is 0 Å². The molecule has 4 heteroatoms. The van der Waals surface area contributed by atoms with Gasteiger partial charge in [-0.2, -0.15) is 13.2 Å². The van der Waals surface area contributed by atoms with E-state index in [1.54, 1.807) is 19.2 Å². The number of nitrogens with zero attached hydrogens (tertiary/aromatic N) is 1. The highest BCUT2D eigenvalue weighted by Gasteiger charge is 2.33. The van der Waals surface area contributed by atoms with Crippen molar-refractivity contribution in [1.82, 2.24) is 4.98 Å². The Balaban J connectivity index is 2.64. The molecule has 0 amide bonds. The molecule has 1 aromatic carbocycles. The summed E-state index contributed by atoms with van der Waals surface area (Å²) in [6.45, 7) is 3.63. The van der Waals surface area contributed by atoms with Crippen LogP contribution in [-0.4, -0.2) is 4.98 Å². The maximum Gasteiger partial charge on any atom is 0.417 e. The second kappa shape index (κ2) is 4.44. The fraction of sp³-hybridized carbons (Fsp3) is 0.214. The van der Waals surface area contributed by atoms with Crippen molar-refractivity contribution in [3.05, 3.63) is 53.2 Å². The maximum atomic E-state index is 12.9. The van der Waals surface area contributed by atoms with Crippen molar-refractivity contribution in [3.8, 4) is 11.3 Å². The molecule has 0 aliphatic carbocycles. The summed E-state index contributed by atoms with van der Waals surface area (Å²) in [4.78, 5) is 4.12. The summed E-state index contributed by atoms with van der Waals surface area (Å²) in [5, 5.41) is 0. The van der Waals surface area contributed by atoms with Crippen LogP contribution < -0.4 is 0 Å². The Labute approximate surface area is 103 Å². The predicted molar refractivity (Wildman–Crippen MR) is 64.1 cm³/mol. The first-order valence-electron chi connectivity index (χ1n) is 5.49. The number of hydrogen-bond acceptors (Lipinski definition) is 1. The van der Waals surface area contributed by atoms with Gasteiger partial charge in [-0.1, -0.05) is 24.3 Å². The fourth-order valence-corrected chi connectivity index (χ4v) is 1.93. The van der Waals surface area contributed by atoms with Gasteiger partial charge in [0.05, 0.1) is 11.3 Å². The van der Waals surface area contributed by atoms with E-state index in [1.165, 1.54) is 12.1 Å². The average Bonchev–Trinajstić information content (AvgIpc) is 2.28. The molecule has 1 heterocycles. The third-order valence-corrected chi connectivity index (χ3v) is 2.70. The van der Waals surface area contributed by atoms with Gasteiger partial charge in [-0.3, -0.25) is 4.98 Å². The first-order valence-corrected chi connectivity index (χ1v) is 5.49. The molecule has 0 spiro atoms. The standard InChI is InChI=1S/C14H12F3N/c1-9-7-10(2)13(18-8-9)11-5-3-4-6-12(11)14(15,16)17/h3-8H,1-2H3. The third kappa shape index (κ3) is 2.37. The van der Waals surface area contributed by atoms with Gasteiger partial charge in [0.15, 0.2) is 0 Å². The summed E-state index contributed by atoms with van der Waals surface area (Å²) in [5.41, 5.74) is 1.54. The van der Waals surface area contributed by atoms with Crippen LogP contribution in [0.15, 0.2) is 36.5 Å². The zero-order chi connectivity index (χ0) is 13.3. The van der Waals surface area contributed by atoms with Crippen molar-refractivity contribution >= 4 is 0 Å². The van der Waals surface area contributed by atoms with Gasteiger partial charge >= 0.3 is 6.18 Å². The van der Waals surface area contributed by atoms with Crippen LogP contribution in [0, 0.1) is 13.8 Å². The van der Waals surface area contributed by atoms with Crippen molar-refractivity contribution in [3.63, 3.8) is 0 Å². The van der Waals surface area contributed by atoms with Crippen molar-refractivity contribution in [1.29, 1.82) is 0 Å². The highest BCUT2D eigenvalue weighted by molar-refractivity contribution is 5.67. The predicted octanol–water partition coefficient (Wildman–Crippen LogP) is 4.38. The maximum absolute atomic E-state index is 12.9. The number of aryl methyl sites for hydroxylation is 2. The third-order valence-electron chi connectivity index (χ3n) is 2.70. The molecule has 0 fully saturated rings. The fourth-order valence-electron chi connectivity index (χ4n) is 1.93. The summed E-state index contributed by atoms with van der Waals surface area (Å²) < 4.78 is 38.8. The summed E-state index contributed by atoms with van der Waals surface area (Å²) in [7, 11) is 0. The minimum atomic E-state index is -4.37. The number of pyridine rings is 1. The van der Waals surface area contributed by atoms with Gasteiger partial charge in [0.25, 0.3) is 0 Å². The lowest BCUT2D eigenvalue weighted by molar-refractivity contribution is -0.137. The van der Waals surface area contributed by atoms with Gasteiger partial charge in [0.1, 0.15) is 0 Å². The van der Waals surface area contributed by atoms with E-state index in [4.69, 9.17) is 0 Å². The van der Waals surface area contributed by atoms with Crippen molar-refractivity contribution in [2.75, 3.05) is 0 Å². The lowest BCUT2D eigenvalue weighted by atomic mass is 10.00. The first-order chi connectivity index (χ1) is 8.39. The van der Waals surface area contributed by atoms with E-state index >= 15 is 0 Å². The lowest BCUT2D eigenvalue weighted by Crippen LogP contribution is -2.07. The average molecular weight is 251 g/mol. The molecule has 2 rings (SSSR count). The Bertz CT molecular complexity index is 573. The second-order valence-electron chi connectivity index (χ2n) is 4.22. The van der Waals surface area contributed by atoms with E-state index in [9.17, 15) is 13.2 Å². The lowest BCUT2D eigenvalue weighted by Gasteiger charge is -2.13. The minimum absolute atomic E-state index is 0.127. The zero-order valence-corrected chi connectivity index (χ0v) is 10.0. The van der Waals surface area contributed by atoms with E-state index < -0.39 is 11.7 Å². The molecule has 0 unspecified atom stereocenters. The largest absolute Gasteiger partial charge is 0.417 e. The molecule has 18 heavy (non-hydrogen) atoms. The molecule has 2 aromatic rings. The summed E-state index contributed by atoms with van der Waals surface area (Å²) in [5.74, 6) is 0. The molecule has 0 radical (unpaired) electrons. The van der Waals surface area contributed by atoms with Crippen LogP contribution >= 0.6 is 0 Å². The molecular formula is C14H12F3N. The van der Waals surface area contributed by atoms with Crippen molar-refractivity contribution in [2.45, 2.75) is 20.0 Å². The topological polar surface area (TPSA) is 12.9 Å². The van der Waals surface area contributed by atoms with Gasteiger partial charge in [-0.15, -0.1) is 0 Å². The first kappa shape index (κ1) is 12.6. The molecule has 0 saturated heterocycles. The molecule has 1 aromatic heterocycles. The number of benzene rings is 1. The summed E-state index contributed by atoms with van der Waals surface area (Å²) in [6.07, 6.45) is -2.79. The minimum Gasteiger partial charge on any atom is -0.256 e. The number of halogens is 3. The molecular weight excluding hydrogens is 239 g/mol. The zero-order valence-electron chi connectivity index (χ0n) is 10.0. The van der Waals surface area contributed by atoms with Gasteiger partial charge in [-0.05, 0) is 31.0 Å². The van der Waals surface area contributed by atoms with Crippen LogP contribution in [0.1, 0.15) is 16.7 Å². The number of aromatic nitrogens is 1. The SMILES string of the molecule is Cc1cnc(-c2ccccc2C(F)(F)F)c(C)c1. The molecule has 0 saturated carbocycles. The highest BCUT2D eigenvalue weighted by Crippen LogP contribution is 2.37. The van der Waals surface area contributed by atoms with Crippen LogP contribution in [-0.2, 0) is 6.18 Å². The second-order valence-corrected chi connectivity index (χ2v) is 4.22. The normalized spacial score (nSPS) is 11.6. The molecule has 1 nitrogen and oxygen atoms in total. The van der Waals surface area contributed by atoms with Crippen LogP contribution in [0.2, 0.25) is 0 Å². The van der Waals surface area contributed by atoms with Gasteiger partial charge in [0.2, 0.25) is 0 Å². The number of hydrogen-bond donors (Lipinski definition) is 0. The smallest absolute Gasteiger partial charge is 0.256 e. The van der Waals surface area contributed by atoms with Crippen molar-refractivity contribution in [2.24, 2.45) is 0 Å². The molecule has 0 N–H and O–H groups in total. The Kier molecular flexibility index (Phi) is 3.11. The molecule has 0 aliphatic heterocycles.